The Morgan fingerprint density at radius 1 is 1.07 bits per heavy atom. The molecule has 0 radical (unpaired) electrons. The molecule has 0 saturated carbocycles. The Hall–Kier alpha value is -2.87. The summed E-state index contributed by atoms with van der Waals surface area (Å²) in [6, 6.07) is 11.8. The molecule has 0 aliphatic carbocycles. The van der Waals surface area contributed by atoms with Crippen LogP contribution in [0.15, 0.2) is 47.2 Å². The second kappa shape index (κ2) is 6.88. The Labute approximate surface area is 177 Å². The van der Waals surface area contributed by atoms with E-state index in [4.69, 9.17) is 9.84 Å². The van der Waals surface area contributed by atoms with Gasteiger partial charge in [-0.25, -0.2) is 9.48 Å². The molecule has 8 heteroatoms. The van der Waals surface area contributed by atoms with Crippen molar-refractivity contribution in [1.29, 1.82) is 0 Å². The lowest BCUT2D eigenvalue weighted by Gasteiger charge is -2.19. The number of rotatable bonds is 2. The van der Waals surface area contributed by atoms with E-state index in [1.165, 1.54) is 4.68 Å². The van der Waals surface area contributed by atoms with Gasteiger partial charge in [0.25, 0.3) is 0 Å². The molecule has 7 nitrogen and oxygen atoms in total. The molecule has 0 spiro atoms. The lowest BCUT2D eigenvalue weighted by Crippen LogP contribution is -2.27. The molecule has 1 aromatic carbocycles. The molecular formula is C21H22BrN5O2. The summed E-state index contributed by atoms with van der Waals surface area (Å²) in [6.07, 6.45) is 1.16. The van der Waals surface area contributed by atoms with Gasteiger partial charge in [0, 0.05) is 22.8 Å². The molecule has 0 N–H and O–H groups in total. The van der Waals surface area contributed by atoms with E-state index in [-0.39, 0.29) is 0 Å². The SMILES string of the molecule is Cc1ccc(C)n1-c1cc(Br)n(-c2ccc3c(cnn3C(=O)OC(C)(C)C)c2)n1. The summed E-state index contributed by atoms with van der Waals surface area (Å²) in [6.45, 7) is 9.59. The number of aromatic nitrogens is 5. The standard InChI is InChI=1S/C21H22BrN5O2/c1-13-6-7-14(2)25(13)19-11-18(22)26(24-19)16-8-9-17-15(10-16)12-23-27(17)20(28)29-21(3,4)5/h6-12H,1-5H3. The van der Waals surface area contributed by atoms with Gasteiger partial charge in [0.05, 0.1) is 17.4 Å². The summed E-state index contributed by atoms with van der Waals surface area (Å²) < 4.78 is 11.5. The number of aryl methyl sites for hydroxylation is 2. The van der Waals surface area contributed by atoms with E-state index >= 15 is 0 Å². The molecule has 4 aromatic rings. The van der Waals surface area contributed by atoms with Crippen LogP contribution in [-0.4, -0.2) is 35.8 Å². The van der Waals surface area contributed by atoms with Gasteiger partial charge in [-0.2, -0.15) is 9.78 Å². The summed E-state index contributed by atoms with van der Waals surface area (Å²) in [5.74, 6) is 0.835. The molecule has 0 aliphatic rings. The molecule has 0 unspecified atom stereocenters. The lowest BCUT2D eigenvalue weighted by atomic mass is 10.2. The van der Waals surface area contributed by atoms with E-state index in [1.54, 1.807) is 6.20 Å². The molecule has 3 aromatic heterocycles. The second-order valence-corrected chi connectivity index (χ2v) is 8.78. The minimum Gasteiger partial charge on any atom is -0.442 e. The van der Waals surface area contributed by atoms with Crippen LogP contribution in [0.3, 0.4) is 0 Å². The zero-order chi connectivity index (χ0) is 20.9. The van der Waals surface area contributed by atoms with E-state index in [0.29, 0.717) is 5.52 Å². The van der Waals surface area contributed by atoms with E-state index in [1.807, 2.05) is 49.7 Å². The van der Waals surface area contributed by atoms with Gasteiger partial charge in [-0.15, -0.1) is 5.10 Å². The highest BCUT2D eigenvalue weighted by molar-refractivity contribution is 9.10. The van der Waals surface area contributed by atoms with Gasteiger partial charge in [-0.05, 0) is 80.9 Å². The monoisotopic (exact) mass is 455 g/mol. The minimum atomic E-state index is -0.583. The zero-order valence-corrected chi connectivity index (χ0v) is 18.6. The first kappa shape index (κ1) is 19.4. The number of carbonyl (C=O) groups excluding carboxylic acids is 1. The van der Waals surface area contributed by atoms with Gasteiger partial charge < -0.3 is 9.30 Å². The van der Waals surface area contributed by atoms with Gasteiger partial charge in [-0.1, -0.05) is 0 Å². The summed E-state index contributed by atoms with van der Waals surface area (Å²) >= 11 is 3.61. The Bertz CT molecular complexity index is 1210. The lowest BCUT2D eigenvalue weighted by molar-refractivity contribution is 0.0522. The van der Waals surface area contributed by atoms with E-state index in [9.17, 15) is 4.79 Å². The maximum Gasteiger partial charge on any atom is 0.435 e. The van der Waals surface area contributed by atoms with Crippen molar-refractivity contribution in [2.75, 3.05) is 0 Å². The molecule has 0 fully saturated rings. The van der Waals surface area contributed by atoms with Crippen molar-refractivity contribution in [1.82, 2.24) is 24.1 Å². The van der Waals surface area contributed by atoms with Crippen LogP contribution in [0.2, 0.25) is 0 Å². The van der Waals surface area contributed by atoms with Crippen LogP contribution < -0.4 is 0 Å². The molecule has 0 bridgehead atoms. The van der Waals surface area contributed by atoms with Gasteiger partial charge in [-0.3, -0.25) is 0 Å². The maximum atomic E-state index is 12.4. The first-order valence-corrected chi connectivity index (χ1v) is 10.1. The fourth-order valence-corrected chi connectivity index (χ4v) is 3.76. The Balaban J connectivity index is 1.72. The first-order chi connectivity index (χ1) is 13.6. The third-order valence-corrected chi connectivity index (χ3v) is 5.08. The average molecular weight is 456 g/mol. The topological polar surface area (TPSA) is 66.9 Å². The molecule has 29 heavy (non-hydrogen) atoms. The highest BCUT2D eigenvalue weighted by Gasteiger charge is 2.20. The van der Waals surface area contributed by atoms with Crippen molar-refractivity contribution in [3.05, 3.63) is 58.6 Å². The van der Waals surface area contributed by atoms with Crippen LogP contribution in [0.25, 0.3) is 22.4 Å². The normalized spacial score (nSPS) is 11.9. The summed E-state index contributed by atoms with van der Waals surface area (Å²) in [4.78, 5) is 12.4. The number of benzene rings is 1. The van der Waals surface area contributed by atoms with E-state index in [2.05, 4.69) is 51.6 Å². The molecule has 0 atom stereocenters. The Morgan fingerprint density at radius 3 is 2.41 bits per heavy atom. The number of carbonyl (C=O) groups is 1. The van der Waals surface area contributed by atoms with Gasteiger partial charge in [0.2, 0.25) is 0 Å². The summed E-state index contributed by atoms with van der Waals surface area (Å²) in [7, 11) is 0. The zero-order valence-electron chi connectivity index (χ0n) is 17.0. The number of hydrogen-bond donors (Lipinski definition) is 0. The molecular weight excluding hydrogens is 434 g/mol. The molecule has 150 valence electrons. The third-order valence-electron chi connectivity index (χ3n) is 4.52. The number of hydrogen-bond acceptors (Lipinski definition) is 4. The van der Waals surface area contributed by atoms with E-state index in [0.717, 1.165) is 32.9 Å². The van der Waals surface area contributed by atoms with Gasteiger partial charge in [0.15, 0.2) is 5.82 Å². The van der Waals surface area contributed by atoms with E-state index < -0.39 is 11.7 Å². The largest absolute Gasteiger partial charge is 0.442 e. The van der Waals surface area contributed by atoms with Gasteiger partial charge >= 0.3 is 6.09 Å². The first-order valence-electron chi connectivity index (χ1n) is 9.26. The Morgan fingerprint density at radius 2 is 1.76 bits per heavy atom. The van der Waals surface area contributed by atoms with Crippen molar-refractivity contribution in [2.24, 2.45) is 0 Å². The smallest absolute Gasteiger partial charge is 0.435 e. The van der Waals surface area contributed by atoms with Crippen molar-refractivity contribution < 1.29 is 9.53 Å². The highest BCUT2D eigenvalue weighted by Crippen LogP contribution is 2.25. The van der Waals surface area contributed by atoms with Crippen molar-refractivity contribution in [3.8, 4) is 11.5 Å². The molecule has 3 heterocycles. The summed E-state index contributed by atoms with van der Waals surface area (Å²) in [5.41, 5.74) is 3.20. The number of nitrogens with zero attached hydrogens (tertiary/aromatic N) is 5. The van der Waals surface area contributed by atoms with Crippen molar-refractivity contribution in [3.63, 3.8) is 0 Å². The summed E-state index contributed by atoms with van der Waals surface area (Å²) in [5, 5.41) is 9.78. The minimum absolute atomic E-state index is 0.499. The average Bonchev–Trinajstić information content (AvgIpc) is 3.30. The predicted octanol–water partition coefficient (Wildman–Crippen LogP) is 5.18. The van der Waals surface area contributed by atoms with Crippen molar-refractivity contribution in [2.45, 2.75) is 40.2 Å². The number of fused-ring (bicyclic) bond motifs is 1. The Kier molecular flexibility index (Phi) is 4.61. The van der Waals surface area contributed by atoms with Crippen LogP contribution in [0.1, 0.15) is 32.2 Å². The maximum absolute atomic E-state index is 12.4. The fraction of sp³-hybridized carbons (Fsp3) is 0.286. The van der Waals surface area contributed by atoms with Crippen LogP contribution >= 0.6 is 15.9 Å². The van der Waals surface area contributed by atoms with Crippen LogP contribution in [0.4, 0.5) is 4.79 Å². The fourth-order valence-electron chi connectivity index (χ4n) is 3.27. The van der Waals surface area contributed by atoms with Crippen LogP contribution in [-0.2, 0) is 4.74 Å². The molecule has 0 aliphatic heterocycles. The highest BCUT2D eigenvalue weighted by atomic mass is 79.9. The van der Waals surface area contributed by atoms with Crippen LogP contribution in [0.5, 0.6) is 0 Å². The second-order valence-electron chi connectivity index (χ2n) is 7.97. The molecule has 4 rings (SSSR count). The predicted molar refractivity (Wildman–Crippen MR) is 115 cm³/mol. The quantitative estimate of drug-likeness (QED) is 0.417. The molecule has 0 saturated heterocycles. The van der Waals surface area contributed by atoms with Crippen LogP contribution in [0, 0.1) is 13.8 Å². The number of halogens is 1. The molecule has 0 amide bonds. The third kappa shape index (κ3) is 3.60. The number of ether oxygens (including phenoxy) is 1. The van der Waals surface area contributed by atoms with Crippen molar-refractivity contribution >= 4 is 32.9 Å². The van der Waals surface area contributed by atoms with Gasteiger partial charge in [0.1, 0.15) is 10.2 Å².